The van der Waals surface area contributed by atoms with E-state index < -0.39 is 0 Å². The highest BCUT2D eigenvalue weighted by molar-refractivity contribution is 9.11. The summed E-state index contributed by atoms with van der Waals surface area (Å²) in [5.74, 6) is 0. The molecule has 3 heteroatoms. The van der Waals surface area contributed by atoms with Crippen molar-refractivity contribution in [2.24, 2.45) is 0 Å². The zero-order valence-electron chi connectivity index (χ0n) is 5.52. The largest absolute Gasteiger partial charge is 0.199 e. The Bertz CT molecular complexity index is 260. The monoisotopic (exact) mass is 278 g/mol. The Labute approximate surface area is 81.4 Å². The minimum atomic E-state index is -0.361. The maximum absolute atomic E-state index is 12.3. The van der Waals surface area contributed by atoms with Crippen LogP contribution in [0.25, 0.3) is 6.08 Å². The quantitative estimate of drug-likeness (QED) is 0.726. The van der Waals surface area contributed by atoms with Crippen molar-refractivity contribution in [3.63, 3.8) is 0 Å². The Morgan fingerprint density at radius 1 is 1.27 bits per heavy atom. The summed E-state index contributed by atoms with van der Waals surface area (Å²) in [5.41, 5.74) is 0.836. The Kier molecular flexibility index (Phi) is 3.27. The van der Waals surface area contributed by atoms with Gasteiger partial charge in [0.2, 0.25) is 0 Å². The van der Waals surface area contributed by atoms with Crippen molar-refractivity contribution >= 4 is 37.9 Å². The van der Waals surface area contributed by atoms with Gasteiger partial charge in [-0.15, -0.1) is 0 Å². The molecule has 11 heavy (non-hydrogen) atoms. The number of benzene rings is 1. The van der Waals surface area contributed by atoms with Crippen LogP contribution in [0, 0.1) is 0 Å². The zero-order chi connectivity index (χ0) is 8.27. The van der Waals surface area contributed by atoms with Gasteiger partial charge in [0.1, 0.15) is 0 Å². The van der Waals surface area contributed by atoms with E-state index in [-0.39, 0.29) is 4.74 Å². The van der Waals surface area contributed by atoms with Crippen molar-refractivity contribution in [1.29, 1.82) is 0 Å². The summed E-state index contributed by atoms with van der Waals surface area (Å²) in [4.78, 5) is 0. The summed E-state index contributed by atoms with van der Waals surface area (Å²) >= 11 is 6.00. The highest BCUT2D eigenvalue weighted by Gasteiger charge is 1.89. The molecule has 58 valence electrons. The van der Waals surface area contributed by atoms with Crippen molar-refractivity contribution in [2.45, 2.75) is 0 Å². The number of hydrogen-bond donors (Lipinski definition) is 0. The van der Waals surface area contributed by atoms with E-state index in [0.717, 1.165) is 10.0 Å². The summed E-state index contributed by atoms with van der Waals surface area (Å²) in [6, 6.07) is 7.37. The van der Waals surface area contributed by atoms with Gasteiger partial charge in [-0.2, -0.15) is 4.39 Å². The van der Waals surface area contributed by atoms with Crippen LogP contribution >= 0.6 is 31.9 Å². The molecule has 0 aliphatic carbocycles. The fraction of sp³-hybridized carbons (Fsp3) is 0. The number of rotatable bonds is 1. The molecule has 0 spiro atoms. The Hall–Kier alpha value is -0.150. The molecular weight excluding hydrogens is 275 g/mol. The fourth-order valence-electron chi connectivity index (χ4n) is 0.685. The molecular formula is C8H5Br2F. The van der Waals surface area contributed by atoms with Crippen molar-refractivity contribution in [2.75, 3.05) is 0 Å². The third-order valence-electron chi connectivity index (χ3n) is 1.15. The van der Waals surface area contributed by atoms with Crippen LogP contribution in [0.5, 0.6) is 0 Å². The van der Waals surface area contributed by atoms with Gasteiger partial charge in [-0.05, 0) is 39.7 Å². The lowest BCUT2D eigenvalue weighted by molar-refractivity contribution is 0.712. The second-order valence-electron chi connectivity index (χ2n) is 1.99. The first kappa shape index (κ1) is 8.94. The predicted molar refractivity (Wildman–Crippen MR) is 52.2 cm³/mol. The van der Waals surface area contributed by atoms with Gasteiger partial charge >= 0.3 is 0 Å². The molecule has 0 heterocycles. The maximum atomic E-state index is 12.3. The van der Waals surface area contributed by atoms with Gasteiger partial charge in [0, 0.05) is 4.47 Å². The normalized spacial score (nSPS) is 11.7. The van der Waals surface area contributed by atoms with Crippen LogP contribution in [-0.4, -0.2) is 0 Å². The molecule has 0 unspecified atom stereocenters. The lowest BCUT2D eigenvalue weighted by Crippen LogP contribution is -1.70. The first-order valence-corrected chi connectivity index (χ1v) is 4.55. The first-order valence-electron chi connectivity index (χ1n) is 2.97. The average molecular weight is 280 g/mol. The molecule has 0 atom stereocenters. The summed E-state index contributed by atoms with van der Waals surface area (Å²) < 4.78 is 12.9. The van der Waals surface area contributed by atoms with Gasteiger partial charge in [-0.25, -0.2) is 0 Å². The molecule has 0 fully saturated rings. The average Bonchev–Trinajstić information content (AvgIpc) is 1.93. The molecule has 1 rings (SSSR count). The van der Waals surface area contributed by atoms with E-state index in [9.17, 15) is 4.39 Å². The minimum Gasteiger partial charge on any atom is -0.199 e. The minimum absolute atomic E-state index is 0.361. The molecule has 0 aliphatic rings. The topological polar surface area (TPSA) is 0 Å². The van der Waals surface area contributed by atoms with Crippen molar-refractivity contribution in [3.8, 4) is 0 Å². The van der Waals surface area contributed by atoms with E-state index in [0.29, 0.717) is 0 Å². The van der Waals surface area contributed by atoms with Crippen LogP contribution in [0.1, 0.15) is 5.56 Å². The molecule has 0 amide bonds. The second kappa shape index (κ2) is 4.02. The van der Waals surface area contributed by atoms with Gasteiger partial charge in [0.25, 0.3) is 0 Å². The van der Waals surface area contributed by atoms with E-state index >= 15 is 0 Å². The van der Waals surface area contributed by atoms with Crippen LogP contribution in [0.2, 0.25) is 0 Å². The van der Waals surface area contributed by atoms with Gasteiger partial charge in [-0.3, -0.25) is 0 Å². The molecule has 0 radical (unpaired) electrons. The van der Waals surface area contributed by atoms with E-state index in [2.05, 4.69) is 31.9 Å². The van der Waals surface area contributed by atoms with Gasteiger partial charge < -0.3 is 0 Å². The van der Waals surface area contributed by atoms with Gasteiger partial charge in [-0.1, -0.05) is 28.1 Å². The van der Waals surface area contributed by atoms with Crippen LogP contribution in [0.3, 0.4) is 0 Å². The van der Waals surface area contributed by atoms with Crippen LogP contribution in [0.4, 0.5) is 4.39 Å². The first-order chi connectivity index (χ1) is 5.18. The molecule has 0 nitrogen and oxygen atoms in total. The van der Waals surface area contributed by atoms with Gasteiger partial charge in [0.05, 0.1) is 0 Å². The van der Waals surface area contributed by atoms with Crippen molar-refractivity contribution in [3.05, 3.63) is 39.0 Å². The fourth-order valence-corrected chi connectivity index (χ4v) is 1.21. The smallest absolute Gasteiger partial charge is 0.166 e. The molecule has 0 saturated carbocycles. The molecule has 0 saturated heterocycles. The summed E-state index contributed by atoms with van der Waals surface area (Å²) in [5, 5.41) is 0. The Balaban J connectivity index is 2.91. The Morgan fingerprint density at radius 3 is 2.27 bits per heavy atom. The molecule has 1 aromatic carbocycles. The standard InChI is InChI=1S/C8H5Br2F/c9-7-3-1-6(2-4-7)5-8(10)11/h1-5H/b8-5-. The predicted octanol–water partition coefficient (Wildman–Crippen LogP) is 4.11. The lowest BCUT2D eigenvalue weighted by atomic mass is 10.2. The van der Waals surface area contributed by atoms with Crippen molar-refractivity contribution < 1.29 is 4.39 Å². The highest BCUT2D eigenvalue weighted by atomic mass is 79.9. The van der Waals surface area contributed by atoms with E-state index in [1.54, 1.807) is 0 Å². The lowest BCUT2D eigenvalue weighted by Gasteiger charge is -1.92. The van der Waals surface area contributed by atoms with E-state index in [4.69, 9.17) is 0 Å². The Morgan fingerprint density at radius 2 is 1.82 bits per heavy atom. The third kappa shape index (κ3) is 3.16. The van der Waals surface area contributed by atoms with E-state index in [1.807, 2.05) is 24.3 Å². The maximum Gasteiger partial charge on any atom is 0.166 e. The summed E-state index contributed by atoms with van der Waals surface area (Å²) in [6.07, 6.45) is 1.41. The van der Waals surface area contributed by atoms with Crippen LogP contribution < -0.4 is 0 Å². The molecule has 0 bridgehead atoms. The molecule has 0 aromatic heterocycles. The SMILES string of the molecule is F/C(Br)=C\c1ccc(Br)cc1. The van der Waals surface area contributed by atoms with Crippen LogP contribution in [-0.2, 0) is 0 Å². The highest BCUT2D eigenvalue weighted by Crippen LogP contribution is 2.15. The second-order valence-corrected chi connectivity index (χ2v) is 3.66. The van der Waals surface area contributed by atoms with Crippen LogP contribution in [0.15, 0.2) is 33.5 Å². The van der Waals surface area contributed by atoms with Crippen molar-refractivity contribution in [1.82, 2.24) is 0 Å². The summed E-state index contributed by atoms with van der Waals surface area (Å²) in [6.45, 7) is 0. The third-order valence-corrected chi connectivity index (χ3v) is 1.90. The molecule has 0 aliphatic heterocycles. The number of halogens is 3. The van der Waals surface area contributed by atoms with Gasteiger partial charge in [0.15, 0.2) is 4.74 Å². The van der Waals surface area contributed by atoms with E-state index in [1.165, 1.54) is 6.08 Å². The summed E-state index contributed by atoms with van der Waals surface area (Å²) in [7, 11) is 0. The molecule has 0 N–H and O–H groups in total. The zero-order valence-corrected chi connectivity index (χ0v) is 8.69. The molecule has 1 aromatic rings. The number of hydrogen-bond acceptors (Lipinski definition) is 0.